The molecule has 2 N–H and O–H groups in total. The van der Waals surface area contributed by atoms with Crippen LogP contribution >= 0.6 is 11.9 Å². The standard InChI is InChI=1S/C11H12N2S/c1-14-13-11-8-12-7-10(11)9-5-3-2-4-6-9/h2-8,12-13H,1H3. The van der Waals surface area contributed by atoms with E-state index in [9.17, 15) is 0 Å². The summed E-state index contributed by atoms with van der Waals surface area (Å²) in [5.41, 5.74) is 3.56. The van der Waals surface area contributed by atoms with E-state index >= 15 is 0 Å². The molecule has 14 heavy (non-hydrogen) atoms. The van der Waals surface area contributed by atoms with Gasteiger partial charge in [0.05, 0.1) is 5.69 Å². The minimum absolute atomic E-state index is 1.13. The molecule has 0 aliphatic rings. The molecular weight excluding hydrogens is 192 g/mol. The monoisotopic (exact) mass is 204 g/mol. The van der Waals surface area contributed by atoms with E-state index < -0.39 is 0 Å². The Morgan fingerprint density at radius 2 is 1.93 bits per heavy atom. The first-order valence-electron chi connectivity index (χ1n) is 4.43. The van der Waals surface area contributed by atoms with Crippen LogP contribution in [0.5, 0.6) is 0 Å². The lowest BCUT2D eigenvalue weighted by Gasteiger charge is -2.03. The Kier molecular flexibility index (Phi) is 2.79. The van der Waals surface area contributed by atoms with Gasteiger partial charge in [-0.2, -0.15) is 0 Å². The van der Waals surface area contributed by atoms with Gasteiger partial charge in [0, 0.05) is 24.2 Å². The fourth-order valence-corrected chi connectivity index (χ4v) is 1.80. The Bertz CT molecular complexity index is 395. The minimum Gasteiger partial charge on any atom is -0.365 e. The molecule has 0 fully saturated rings. The average Bonchev–Trinajstić information content (AvgIpc) is 2.68. The molecule has 0 bridgehead atoms. The van der Waals surface area contributed by atoms with Crippen LogP contribution in [0.1, 0.15) is 0 Å². The number of anilines is 1. The van der Waals surface area contributed by atoms with E-state index in [4.69, 9.17) is 0 Å². The molecule has 1 heterocycles. The summed E-state index contributed by atoms with van der Waals surface area (Å²) in [5.74, 6) is 0. The minimum atomic E-state index is 1.13. The Hall–Kier alpha value is -1.35. The molecule has 0 radical (unpaired) electrons. The highest BCUT2D eigenvalue weighted by molar-refractivity contribution is 7.99. The predicted molar refractivity (Wildman–Crippen MR) is 63.4 cm³/mol. The van der Waals surface area contributed by atoms with Crippen molar-refractivity contribution in [2.75, 3.05) is 11.0 Å². The van der Waals surface area contributed by atoms with E-state index in [1.807, 2.05) is 36.8 Å². The largest absolute Gasteiger partial charge is 0.365 e. The molecule has 2 aromatic rings. The number of rotatable bonds is 3. The van der Waals surface area contributed by atoms with Gasteiger partial charge in [-0.1, -0.05) is 42.3 Å². The van der Waals surface area contributed by atoms with Gasteiger partial charge < -0.3 is 9.71 Å². The molecule has 0 unspecified atom stereocenters. The van der Waals surface area contributed by atoms with Crippen molar-refractivity contribution in [2.24, 2.45) is 0 Å². The molecular formula is C11H12N2S. The van der Waals surface area contributed by atoms with Gasteiger partial charge in [-0.25, -0.2) is 0 Å². The molecule has 72 valence electrons. The molecule has 0 saturated carbocycles. The summed E-state index contributed by atoms with van der Waals surface area (Å²) >= 11 is 1.60. The second-order valence-corrected chi connectivity index (χ2v) is 3.57. The van der Waals surface area contributed by atoms with Crippen LogP contribution in [0.25, 0.3) is 11.1 Å². The van der Waals surface area contributed by atoms with Crippen molar-refractivity contribution in [1.29, 1.82) is 0 Å². The third-order valence-corrected chi connectivity index (χ3v) is 2.47. The van der Waals surface area contributed by atoms with Crippen molar-refractivity contribution in [2.45, 2.75) is 0 Å². The van der Waals surface area contributed by atoms with Gasteiger partial charge in [-0.15, -0.1) is 0 Å². The summed E-state index contributed by atoms with van der Waals surface area (Å²) in [5, 5.41) is 0. The molecule has 2 nitrogen and oxygen atoms in total. The number of hydrogen-bond acceptors (Lipinski definition) is 2. The number of hydrogen-bond donors (Lipinski definition) is 2. The van der Waals surface area contributed by atoms with E-state index in [1.54, 1.807) is 11.9 Å². The topological polar surface area (TPSA) is 27.8 Å². The third-order valence-electron chi connectivity index (χ3n) is 2.04. The first-order valence-corrected chi connectivity index (χ1v) is 5.65. The first-order chi connectivity index (χ1) is 6.92. The van der Waals surface area contributed by atoms with Crippen molar-refractivity contribution in [3.05, 3.63) is 42.7 Å². The lowest BCUT2D eigenvalue weighted by molar-refractivity contribution is 1.41. The summed E-state index contributed by atoms with van der Waals surface area (Å²) in [7, 11) is 0. The molecule has 0 spiro atoms. The number of H-pyrrole nitrogens is 1. The van der Waals surface area contributed by atoms with Crippen LogP contribution in [0.3, 0.4) is 0 Å². The van der Waals surface area contributed by atoms with Gasteiger partial charge >= 0.3 is 0 Å². The van der Waals surface area contributed by atoms with E-state index in [1.165, 1.54) is 11.1 Å². The lowest BCUT2D eigenvalue weighted by Crippen LogP contribution is -1.84. The van der Waals surface area contributed by atoms with Crippen molar-refractivity contribution >= 4 is 17.6 Å². The van der Waals surface area contributed by atoms with Gasteiger partial charge in [0.15, 0.2) is 0 Å². The van der Waals surface area contributed by atoms with Crippen molar-refractivity contribution in [1.82, 2.24) is 4.98 Å². The second-order valence-electron chi connectivity index (χ2n) is 2.95. The fourth-order valence-electron chi connectivity index (χ4n) is 1.41. The van der Waals surface area contributed by atoms with Crippen molar-refractivity contribution in [3.63, 3.8) is 0 Å². The number of aromatic amines is 1. The van der Waals surface area contributed by atoms with Crippen molar-refractivity contribution < 1.29 is 0 Å². The summed E-state index contributed by atoms with van der Waals surface area (Å²) in [4.78, 5) is 3.11. The van der Waals surface area contributed by atoms with E-state index in [2.05, 4.69) is 21.8 Å². The highest BCUT2D eigenvalue weighted by atomic mass is 32.2. The van der Waals surface area contributed by atoms with Crippen LogP contribution in [0, 0.1) is 0 Å². The zero-order valence-corrected chi connectivity index (χ0v) is 8.77. The quantitative estimate of drug-likeness (QED) is 0.750. The summed E-state index contributed by atoms with van der Waals surface area (Å²) in [6, 6.07) is 10.3. The maximum atomic E-state index is 3.24. The third kappa shape index (κ3) is 1.77. The summed E-state index contributed by atoms with van der Waals surface area (Å²) < 4.78 is 3.24. The van der Waals surface area contributed by atoms with Gasteiger partial charge in [-0.05, 0) is 5.56 Å². The Balaban J connectivity index is 2.37. The molecule has 3 heteroatoms. The zero-order chi connectivity index (χ0) is 9.80. The number of nitrogens with one attached hydrogen (secondary N) is 2. The van der Waals surface area contributed by atoms with E-state index in [0.717, 1.165) is 5.69 Å². The van der Waals surface area contributed by atoms with Crippen molar-refractivity contribution in [3.8, 4) is 11.1 Å². The molecule has 0 amide bonds. The van der Waals surface area contributed by atoms with Gasteiger partial charge in [0.25, 0.3) is 0 Å². The molecule has 0 atom stereocenters. The number of benzene rings is 1. The molecule has 1 aromatic heterocycles. The van der Waals surface area contributed by atoms with Crippen LogP contribution < -0.4 is 4.72 Å². The van der Waals surface area contributed by atoms with Crippen LogP contribution in [0.15, 0.2) is 42.7 Å². The summed E-state index contributed by atoms with van der Waals surface area (Å²) in [6.45, 7) is 0. The molecule has 2 rings (SSSR count). The second kappa shape index (κ2) is 4.24. The zero-order valence-electron chi connectivity index (χ0n) is 7.95. The Morgan fingerprint density at radius 1 is 1.14 bits per heavy atom. The summed E-state index contributed by atoms with van der Waals surface area (Å²) in [6.07, 6.45) is 5.99. The Labute approximate surface area is 87.9 Å². The molecule has 0 aliphatic heterocycles. The smallest absolute Gasteiger partial charge is 0.0696 e. The van der Waals surface area contributed by atoms with Crippen LogP contribution in [-0.4, -0.2) is 11.2 Å². The fraction of sp³-hybridized carbons (Fsp3) is 0.0909. The SMILES string of the molecule is CSNc1c[nH]cc1-c1ccccc1. The lowest BCUT2D eigenvalue weighted by atomic mass is 10.1. The van der Waals surface area contributed by atoms with E-state index in [0.29, 0.717) is 0 Å². The maximum absolute atomic E-state index is 3.24. The van der Waals surface area contributed by atoms with Crippen LogP contribution in [0.4, 0.5) is 5.69 Å². The van der Waals surface area contributed by atoms with Crippen LogP contribution in [0.2, 0.25) is 0 Å². The van der Waals surface area contributed by atoms with E-state index in [-0.39, 0.29) is 0 Å². The molecule has 0 aliphatic carbocycles. The maximum Gasteiger partial charge on any atom is 0.0696 e. The Morgan fingerprint density at radius 3 is 2.64 bits per heavy atom. The highest BCUT2D eigenvalue weighted by Crippen LogP contribution is 2.28. The van der Waals surface area contributed by atoms with Gasteiger partial charge in [0.2, 0.25) is 0 Å². The van der Waals surface area contributed by atoms with Gasteiger partial charge in [-0.3, -0.25) is 0 Å². The molecule has 0 saturated heterocycles. The average molecular weight is 204 g/mol. The predicted octanol–water partition coefficient (Wildman–Crippen LogP) is 3.37. The highest BCUT2D eigenvalue weighted by Gasteiger charge is 2.03. The first kappa shape index (κ1) is 9.21. The number of aromatic nitrogens is 1. The van der Waals surface area contributed by atoms with Gasteiger partial charge in [0.1, 0.15) is 0 Å². The normalized spacial score (nSPS) is 10.1. The van der Waals surface area contributed by atoms with Crippen LogP contribution in [-0.2, 0) is 0 Å². The molecule has 1 aromatic carbocycles.